The molecule has 8 heteroatoms. The van der Waals surface area contributed by atoms with Crippen LogP contribution in [0.4, 0.5) is 0 Å². The normalized spacial score (nSPS) is 16.4. The van der Waals surface area contributed by atoms with Crippen LogP contribution < -0.4 is 4.74 Å². The van der Waals surface area contributed by atoms with E-state index in [9.17, 15) is 4.79 Å². The number of thioether (sulfide) groups is 2. The Morgan fingerprint density at radius 2 is 1.94 bits per heavy atom. The van der Waals surface area contributed by atoms with E-state index in [1.54, 1.807) is 0 Å². The van der Waals surface area contributed by atoms with Crippen LogP contribution in [0.25, 0.3) is 0 Å². The lowest BCUT2D eigenvalue weighted by atomic mass is 9.82. The smallest absolute Gasteiger partial charge is 0.182 e. The first-order chi connectivity index (χ1) is 15.6. The summed E-state index contributed by atoms with van der Waals surface area (Å²) in [6.07, 6.45) is 6.01. The Balaban J connectivity index is 0.00000324. The number of amidine groups is 1. The molecule has 2 aliphatic rings. The second-order valence-electron chi connectivity index (χ2n) is 9.70. The zero-order valence-corrected chi connectivity index (χ0v) is 24.1. The molecule has 1 aromatic carbocycles. The van der Waals surface area contributed by atoms with Crippen molar-refractivity contribution in [3.05, 3.63) is 57.9 Å². The molecule has 0 fully saturated rings. The van der Waals surface area contributed by atoms with Crippen LogP contribution in [0, 0.1) is 5.41 Å². The second kappa shape index (κ2) is 10.2. The summed E-state index contributed by atoms with van der Waals surface area (Å²) in [7, 11) is 0. The highest BCUT2D eigenvalue weighted by molar-refractivity contribution is 8.93. The summed E-state index contributed by atoms with van der Waals surface area (Å²) >= 11 is 3.65. The van der Waals surface area contributed by atoms with Gasteiger partial charge in [0.2, 0.25) is 0 Å². The van der Waals surface area contributed by atoms with Crippen LogP contribution in [-0.4, -0.2) is 47.2 Å². The Kier molecular flexibility index (Phi) is 8.15. The van der Waals surface area contributed by atoms with Gasteiger partial charge in [-0.3, -0.25) is 10.2 Å². The molecule has 0 saturated heterocycles. The van der Waals surface area contributed by atoms with Crippen molar-refractivity contribution >= 4 is 52.1 Å². The second-order valence-corrected chi connectivity index (χ2v) is 12.2. The van der Waals surface area contributed by atoms with Gasteiger partial charge in [-0.1, -0.05) is 33.8 Å². The number of Topliss-reactive ketones (excluding diaryl/α,β-unsaturated/α-hetero) is 1. The lowest BCUT2D eigenvalue weighted by Crippen LogP contribution is -2.32. The van der Waals surface area contributed by atoms with Crippen molar-refractivity contribution in [1.82, 2.24) is 9.88 Å². The van der Waals surface area contributed by atoms with Crippen molar-refractivity contribution in [2.24, 2.45) is 0 Å². The number of hydrogen-bond donors (Lipinski definition) is 1. The third-order valence-electron chi connectivity index (χ3n) is 6.60. The van der Waals surface area contributed by atoms with E-state index in [1.807, 2.05) is 52.7 Å². The maximum absolute atomic E-state index is 13.6. The van der Waals surface area contributed by atoms with Crippen LogP contribution in [-0.2, 0) is 22.5 Å². The van der Waals surface area contributed by atoms with Crippen LogP contribution in [0.15, 0.2) is 24.3 Å². The summed E-state index contributed by atoms with van der Waals surface area (Å²) in [4.78, 5) is 20.0. The maximum Gasteiger partial charge on any atom is 0.182 e. The molecule has 4 rings (SSSR count). The molecule has 2 aliphatic heterocycles. The van der Waals surface area contributed by atoms with Gasteiger partial charge in [0.25, 0.3) is 0 Å². The Labute approximate surface area is 222 Å². The van der Waals surface area contributed by atoms with Crippen LogP contribution >= 0.6 is 40.5 Å². The third-order valence-corrected chi connectivity index (χ3v) is 9.77. The van der Waals surface area contributed by atoms with Gasteiger partial charge in [0.05, 0.1) is 17.2 Å². The van der Waals surface area contributed by atoms with Crippen LogP contribution in [0.3, 0.4) is 0 Å². The van der Waals surface area contributed by atoms with Gasteiger partial charge in [0, 0.05) is 40.9 Å². The standard InChI is InChI=1S/C26H33N3O2S2.BrH/c1-7-18-9-8-16-14-29(24(27)22(16)28-18)15-21(30)17-12-19(25(2,3)4)23-20(13-17)26(32-5,33-6)10-11-31-23;/h8-9,12-13,27H,7,10-11,14-15H2,1-6H3;1H. The van der Waals surface area contributed by atoms with E-state index < -0.39 is 0 Å². The van der Waals surface area contributed by atoms with E-state index in [2.05, 4.69) is 45.2 Å². The van der Waals surface area contributed by atoms with Crippen LogP contribution in [0.2, 0.25) is 0 Å². The first-order valence-corrected chi connectivity index (χ1v) is 13.9. The van der Waals surface area contributed by atoms with Gasteiger partial charge < -0.3 is 9.64 Å². The van der Waals surface area contributed by atoms with Crippen molar-refractivity contribution in [2.45, 2.75) is 56.6 Å². The highest BCUT2D eigenvalue weighted by Gasteiger charge is 2.40. The summed E-state index contributed by atoms with van der Waals surface area (Å²) < 4.78 is 6.07. The maximum atomic E-state index is 13.6. The van der Waals surface area contributed by atoms with Gasteiger partial charge in [-0.2, -0.15) is 0 Å². The molecule has 0 aliphatic carbocycles. The summed E-state index contributed by atoms with van der Waals surface area (Å²) in [5.41, 5.74) is 5.42. The SMILES string of the molecule is Br.CCc1ccc2c(n1)C(=N)N(CC(=O)c1cc(C(C)(C)C)c3c(c1)C(SC)(SC)CCO3)C2. The molecule has 1 N–H and O–H groups in total. The zero-order valence-electron chi connectivity index (χ0n) is 20.8. The fourth-order valence-electron chi connectivity index (χ4n) is 4.61. The van der Waals surface area contributed by atoms with Crippen molar-refractivity contribution < 1.29 is 9.53 Å². The van der Waals surface area contributed by atoms with E-state index in [1.165, 1.54) is 0 Å². The average molecular weight is 565 g/mol. The van der Waals surface area contributed by atoms with Crippen molar-refractivity contribution in [3.63, 3.8) is 0 Å². The minimum absolute atomic E-state index is 0. The quantitative estimate of drug-likeness (QED) is 0.333. The summed E-state index contributed by atoms with van der Waals surface area (Å²) in [6.45, 7) is 9.96. The number of aryl methyl sites for hydroxylation is 1. The zero-order chi connectivity index (χ0) is 24.0. The molecule has 0 atom stereocenters. The van der Waals surface area contributed by atoms with Gasteiger partial charge in [0.1, 0.15) is 17.3 Å². The number of fused-ring (bicyclic) bond motifs is 2. The first kappa shape index (κ1) is 27.1. The number of nitrogens with zero attached hydrogens (tertiary/aromatic N) is 2. The van der Waals surface area contributed by atoms with Crippen LogP contribution in [0.5, 0.6) is 5.75 Å². The van der Waals surface area contributed by atoms with Gasteiger partial charge >= 0.3 is 0 Å². The van der Waals surface area contributed by atoms with Crippen molar-refractivity contribution in [2.75, 3.05) is 25.7 Å². The number of rotatable bonds is 6. The largest absolute Gasteiger partial charge is 0.493 e. The van der Waals surface area contributed by atoms with E-state index in [4.69, 9.17) is 10.1 Å². The van der Waals surface area contributed by atoms with Crippen LogP contribution in [0.1, 0.15) is 72.6 Å². The molecule has 0 radical (unpaired) electrons. The van der Waals surface area contributed by atoms with Crippen molar-refractivity contribution in [3.8, 4) is 5.75 Å². The molecule has 0 unspecified atom stereocenters. The number of pyridine rings is 1. The number of aromatic nitrogens is 1. The molecule has 184 valence electrons. The number of carbonyl (C=O) groups excluding carboxylic acids is 1. The van der Waals surface area contributed by atoms with Gasteiger partial charge in [-0.25, -0.2) is 4.98 Å². The van der Waals surface area contributed by atoms with E-state index in [0.29, 0.717) is 30.2 Å². The number of hydrogen-bond acceptors (Lipinski definition) is 6. The Morgan fingerprint density at radius 1 is 1.24 bits per heavy atom. The number of benzene rings is 1. The Morgan fingerprint density at radius 3 is 2.56 bits per heavy atom. The topological polar surface area (TPSA) is 66.3 Å². The summed E-state index contributed by atoms with van der Waals surface area (Å²) in [6, 6.07) is 8.11. The molecule has 0 amide bonds. The highest BCUT2D eigenvalue weighted by Crippen LogP contribution is 2.54. The lowest BCUT2D eigenvalue weighted by Gasteiger charge is -2.39. The lowest BCUT2D eigenvalue weighted by molar-refractivity contribution is 0.0962. The minimum atomic E-state index is -0.155. The number of halogens is 1. The fourth-order valence-corrected chi connectivity index (χ4v) is 6.59. The molecule has 34 heavy (non-hydrogen) atoms. The Hall–Kier alpha value is -1.51. The van der Waals surface area contributed by atoms with E-state index in [0.717, 1.165) is 41.0 Å². The predicted octanol–water partition coefficient (Wildman–Crippen LogP) is 6.20. The molecule has 1 aromatic heterocycles. The minimum Gasteiger partial charge on any atom is -0.493 e. The molecule has 0 spiro atoms. The molecular formula is C26H34BrN3O2S2. The number of ether oxygens (including phenoxy) is 1. The molecular weight excluding hydrogens is 530 g/mol. The monoisotopic (exact) mass is 563 g/mol. The first-order valence-electron chi connectivity index (χ1n) is 11.4. The highest BCUT2D eigenvalue weighted by atomic mass is 79.9. The molecule has 0 bridgehead atoms. The van der Waals surface area contributed by atoms with Gasteiger partial charge in [-0.15, -0.1) is 40.5 Å². The predicted molar refractivity (Wildman–Crippen MR) is 149 cm³/mol. The molecule has 0 saturated carbocycles. The fraction of sp³-hybridized carbons (Fsp3) is 0.500. The van der Waals surface area contributed by atoms with Crippen molar-refractivity contribution in [1.29, 1.82) is 5.41 Å². The molecule has 2 aromatic rings. The number of nitrogens with one attached hydrogen (secondary N) is 1. The van der Waals surface area contributed by atoms with E-state index >= 15 is 0 Å². The van der Waals surface area contributed by atoms with E-state index in [-0.39, 0.29) is 38.8 Å². The molecule has 5 nitrogen and oxygen atoms in total. The average Bonchev–Trinajstić information content (AvgIpc) is 3.11. The number of carbonyl (C=O) groups is 1. The van der Waals surface area contributed by atoms with Gasteiger partial charge in [-0.05, 0) is 42.5 Å². The Bertz CT molecular complexity index is 1110. The summed E-state index contributed by atoms with van der Waals surface area (Å²) in [5.74, 6) is 1.30. The number of ketones is 1. The summed E-state index contributed by atoms with van der Waals surface area (Å²) in [5, 5.41) is 8.62. The molecule has 3 heterocycles. The third kappa shape index (κ3) is 4.78. The van der Waals surface area contributed by atoms with Gasteiger partial charge in [0.15, 0.2) is 5.78 Å².